The van der Waals surface area contributed by atoms with E-state index < -0.39 is 6.04 Å². The summed E-state index contributed by atoms with van der Waals surface area (Å²) in [6.07, 6.45) is 0. The molecule has 1 aliphatic rings. The number of carbonyl (C=O) groups is 3. The summed E-state index contributed by atoms with van der Waals surface area (Å²) in [4.78, 5) is 36.9. The van der Waals surface area contributed by atoms with Gasteiger partial charge in [0.1, 0.15) is 6.04 Å². The van der Waals surface area contributed by atoms with E-state index in [9.17, 15) is 14.4 Å². The van der Waals surface area contributed by atoms with E-state index in [4.69, 9.17) is 11.6 Å². The van der Waals surface area contributed by atoms with Crippen LogP contribution in [0.3, 0.4) is 0 Å². The van der Waals surface area contributed by atoms with Crippen LogP contribution in [0.1, 0.15) is 17.3 Å². The molecule has 0 spiro atoms. The maximum absolute atomic E-state index is 12.1. The number of nitrogens with zero attached hydrogens (tertiary/aromatic N) is 1. The molecule has 0 aliphatic carbocycles. The van der Waals surface area contributed by atoms with Crippen LogP contribution in [0.5, 0.6) is 0 Å². The second kappa shape index (κ2) is 6.58. The molecule has 1 atom stereocenters. The summed E-state index contributed by atoms with van der Waals surface area (Å²) in [5.74, 6) is -0.844. The lowest BCUT2D eigenvalue weighted by Crippen LogP contribution is -2.57. The molecule has 0 saturated carbocycles. The Bertz CT molecular complexity index is 576. The Kier molecular flexibility index (Phi) is 4.80. The molecule has 7 heteroatoms. The number of hydrogen-bond acceptors (Lipinski definition) is 3. The number of benzene rings is 1. The Morgan fingerprint density at radius 2 is 2.24 bits per heavy atom. The minimum Gasteiger partial charge on any atom is -0.353 e. The van der Waals surface area contributed by atoms with Crippen molar-refractivity contribution in [2.45, 2.75) is 13.0 Å². The fourth-order valence-corrected chi connectivity index (χ4v) is 2.30. The van der Waals surface area contributed by atoms with Gasteiger partial charge in [0.25, 0.3) is 5.91 Å². The SMILES string of the molecule is CC1C(=O)NCCN1C(=O)CNC(=O)c1cccc(Cl)c1. The normalized spacial score (nSPS) is 18.1. The third-order valence-corrected chi connectivity index (χ3v) is 3.54. The molecule has 1 aromatic rings. The predicted octanol–water partition coefficient (Wildman–Crippen LogP) is 0.417. The van der Waals surface area contributed by atoms with Gasteiger partial charge >= 0.3 is 0 Å². The molecule has 0 bridgehead atoms. The van der Waals surface area contributed by atoms with Crippen LogP contribution in [0, 0.1) is 0 Å². The Morgan fingerprint density at radius 3 is 2.95 bits per heavy atom. The van der Waals surface area contributed by atoms with Gasteiger partial charge < -0.3 is 15.5 Å². The van der Waals surface area contributed by atoms with Crippen molar-refractivity contribution in [2.75, 3.05) is 19.6 Å². The van der Waals surface area contributed by atoms with E-state index in [1.165, 1.54) is 11.0 Å². The largest absolute Gasteiger partial charge is 0.353 e. The van der Waals surface area contributed by atoms with E-state index in [0.717, 1.165) is 0 Å². The Balaban J connectivity index is 1.92. The lowest BCUT2D eigenvalue weighted by molar-refractivity contribution is -0.141. The van der Waals surface area contributed by atoms with Gasteiger partial charge in [-0.15, -0.1) is 0 Å². The fraction of sp³-hybridized carbons (Fsp3) is 0.357. The molecule has 1 unspecified atom stereocenters. The molecule has 1 heterocycles. The number of nitrogens with one attached hydrogen (secondary N) is 2. The van der Waals surface area contributed by atoms with Gasteiger partial charge in [-0.3, -0.25) is 14.4 Å². The van der Waals surface area contributed by atoms with Gasteiger partial charge in [0, 0.05) is 23.7 Å². The molecule has 1 fully saturated rings. The monoisotopic (exact) mass is 309 g/mol. The van der Waals surface area contributed by atoms with Crippen LogP contribution < -0.4 is 10.6 Å². The van der Waals surface area contributed by atoms with Crippen molar-refractivity contribution in [3.63, 3.8) is 0 Å². The summed E-state index contributed by atoms with van der Waals surface area (Å²) in [6, 6.07) is 5.95. The first-order valence-electron chi connectivity index (χ1n) is 6.60. The molecular formula is C14H16ClN3O3. The van der Waals surface area contributed by atoms with Crippen molar-refractivity contribution >= 4 is 29.3 Å². The number of amides is 3. The van der Waals surface area contributed by atoms with Crippen molar-refractivity contribution in [1.29, 1.82) is 0 Å². The van der Waals surface area contributed by atoms with Gasteiger partial charge in [0.15, 0.2) is 0 Å². The Morgan fingerprint density at radius 1 is 1.48 bits per heavy atom. The van der Waals surface area contributed by atoms with Crippen LogP contribution in [0.25, 0.3) is 0 Å². The highest BCUT2D eigenvalue weighted by Crippen LogP contribution is 2.10. The standard InChI is InChI=1S/C14H16ClN3O3/c1-9-13(20)16-5-6-18(9)12(19)8-17-14(21)10-3-2-4-11(15)7-10/h2-4,7,9H,5-6,8H2,1H3,(H,16,20)(H,17,21). The molecule has 3 amide bonds. The number of hydrogen-bond donors (Lipinski definition) is 2. The molecule has 1 aromatic carbocycles. The average molecular weight is 310 g/mol. The van der Waals surface area contributed by atoms with E-state index in [0.29, 0.717) is 23.7 Å². The highest BCUT2D eigenvalue weighted by Gasteiger charge is 2.29. The van der Waals surface area contributed by atoms with Gasteiger partial charge in [-0.25, -0.2) is 0 Å². The van der Waals surface area contributed by atoms with Crippen LogP contribution in [0.15, 0.2) is 24.3 Å². The smallest absolute Gasteiger partial charge is 0.251 e. The zero-order chi connectivity index (χ0) is 15.4. The van der Waals surface area contributed by atoms with Crippen molar-refractivity contribution in [3.05, 3.63) is 34.9 Å². The maximum atomic E-state index is 12.1. The van der Waals surface area contributed by atoms with E-state index in [1.807, 2.05) is 0 Å². The van der Waals surface area contributed by atoms with Crippen LogP contribution >= 0.6 is 11.6 Å². The number of piperazine rings is 1. The third-order valence-electron chi connectivity index (χ3n) is 3.31. The van der Waals surface area contributed by atoms with Gasteiger partial charge in [-0.2, -0.15) is 0 Å². The van der Waals surface area contributed by atoms with Crippen LogP contribution in [0.2, 0.25) is 5.02 Å². The molecule has 1 aliphatic heterocycles. The molecule has 2 N–H and O–H groups in total. The van der Waals surface area contributed by atoms with E-state index in [1.54, 1.807) is 25.1 Å². The zero-order valence-corrected chi connectivity index (χ0v) is 12.3. The highest BCUT2D eigenvalue weighted by molar-refractivity contribution is 6.30. The molecule has 21 heavy (non-hydrogen) atoms. The lowest BCUT2D eigenvalue weighted by Gasteiger charge is -2.32. The first-order chi connectivity index (χ1) is 9.99. The molecule has 1 saturated heterocycles. The highest BCUT2D eigenvalue weighted by atomic mass is 35.5. The summed E-state index contributed by atoms with van der Waals surface area (Å²) >= 11 is 5.81. The summed E-state index contributed by atoms with van der Waals surface area (Å²) in [5, 5.41) is 5.67. The minimum absolute atomic E-state index is 0.150. The van der Waals surface area contributed by atoms with Crippen LogP contribution in [0.4, 0.5) is 0 Å². The van der Waals surface area contributed by atoms with Gasteiger partial charge in [0.05, 0.1) is 6.54 Å². The fourth-order valence-electron chi connectivity index (χ4n) is 2.11. The number of carbonyl (C=O) groups excluding carboxylic acids is 3. The van der Waals surface area contributed by atoms with E-state index >= 15 is 0 Å². The summed E-state index contributed by atoms with van der Waals surface area (Å²) in [7, 11) is 0. The Hall–Kier alpha value is -2.08. The molecule has 2 rings (SSSR count). The molecule has 0 aromatic heterocycles. The maximum Gasteiger partial charge on any atom is 0.251 e. The summed E-state index contributed by atoms with van der Waals surface area (Å²) in [6.45, 7) is 2.38. The van der Waals surface area contributed by atoms with Crippen molar-refractivity contribution in [2.24, 2.45) is 0 Å². The van der Waals surface area contributed by atoms with Crippen molar-refractivity contribution in [3.8, 4) is 0 Å². The summed E-state index contributed by atoms with van der Waals surface area (Å²) < 4.78 is 0. The Labute approximate surface area is 127 Å². The summed E-state index contributed by atoms with van der Waals surface area (Å²) in [5.41, 5.74) is 0.389. The molecular weight excluding hydrogens is 294 g/mol. The van der Waals surface area contributed by atoms with Gasteiger partial charge in [-0.05, 0) is 25.1 Å². The van der Waals surface area contributed by atoms with Gasteiger partial charge in [-0.1, -0.05) is 17.7 Å². The number of rotatable bonds is 3. The number of halogens is 1. The predicted molar refractivity (Wildman–Crippen MR) is 78.0 cm³/mol. The molecule has 0 radical (unpaired) electrons. The molecule has 112 valence electrons. The van der Waals surface area contributed by atoms with Crippen molar-refractivity contribution < 1.29 is 14.4 Å². The lowest BCUT2D eigenvalue weighted by atomic mass is 10.2. The van der Waals surface area contributed by atoms with Crippen molar-refractivity contribution in [1.82, 2.24) is 15.5 Å². The third kappa shape index (κ3) is 3.72. The quantitative estimate of drug-likeness (QED) is 0.849. The first kappa shape index (κ1) is 15.3. The average Bonchev–Trinajstić information content (AvgIpc) is 2.47. The minimum atomic E-state index is -0.519. The first-order valence-corrected chi connectivity index (χ1v) is 6.98. The van der Waals surface area contributed by atoms with E-state index in [2.05, 4.69) is 10.6 Å². The second-order valence-electron chi connectivity index (χ2n) is 4.75. The topological polar surface area (TPSA) is 78.5 Å². The van der Waals surface area contributed by atoms with Gasteiger partial charge in [0.2, 0.25) is 11.8 Å². The second-order valence-corrected chi connectivity index (χ2v) is 5.18. The van der Waals surface area contributed by atoms with Crippen LogP contribution in [-0.2, 0) is 9.59 Å². The molecule has 6 nitrogen and oxygen atoms in total. The zero-order valence-electron chi connectivity index (χ0n) is 11.6. The van der Waals surface area contributed by atoms with Crippen LogP contribution in [-0.4, -0.2) is 48.3 Å². The van der Waals surface area contributed by atoms with E-state index in [-0.39, 0.29) is 24.3 Å².